The summed E-state index contributed by atoms with van der Waals surface area (Å²) < 4.78 is 0. The first-order valence-corrected chi connectivity index (χ1v) is 9.94. The normalized spacial score (nSPS) is 15.0. The Balaban J connectivity index is 1.37. The van der Waals surface area contributed by atoms with E-state index in [-0.39, 0.29) is 11.8 Å². The van der Waals surface area contributed by atoms with E-state index < -0.39 is 0 Å². The van der Waals surface area contributed by atoms with Crippen LogP contribution >= 0.6 is 22.9 Å². The fraction of sp³-hybridized carbons (Fsp3) is 0.368. The molecule has 1 aromatic carbocycles. The third-order valence-electron chi connectivity index (χ3n) is 4.39. The molecular weight excluding hydrogens is 370 g/mol. The lowest BCUT2D eigenvalue weighted by Crippen LogP contribution is -2.48. The third kappa shape index (κ3) is 5.30. The van der Waals surface area contributed by atoms with Crippen molar-refractivity contribution in [2.75, 3.05) is 32.7 Å². The molecule has 2 heterocycles. The van der Waals surface area contributed by atoms with Crippen molar-refractivity contribution < 1.29 is 9.59 Å². The first kappa shape index (κ1) is 18.9. The van der Waals surface area contributed by atoms with Gasteiger partial charge in [0, 0.05) is 50.7 Å². The van der Waals surface area contributed by atoms with Crippen LogP contribution in [0.5, 0.6) is 0 Å². The van der Waals surface area contributed by atoms with E-state index in [1.807, 2.05) is 34.5 Å². The van der Waals surface area contributed by atoms with Crippen LogP contribution in [-0.2, 0) is 11.3 Å². The number of hydrogen-bond donors (Lipinski definition) is 1. The smallest absolute Gasteiger partial charge is 0.261 e. The summed E-state index contributed by atoms with van der Waals surface area (Å²) in [5.74, 6) is -0.0157. The van der Waals surface area contributed by atoms with E-state index in [9.17, 15) is 9.59 Å². The second kappa shape index (κ2) is 9.16. The Morgan fingerprint density at radius 1 is 1.12 bits per heavy atom. The number of hydrogen-bond acceptors (Lipinski definition) is 4. The SMILES string of the molecule is O=C(NCCC(=O)N1CCN(Cc2cccc(Cl)c2)CC1)c1cccs1. The van der Waals surface area contributed by atoms with E-state index >= 15 is 0 Å². The highest BCUT2D eigenvalue weighted by Crippen LogP contribution is 2.14. The standard InChI is InChI=1S/C19H22ClN3O2S/c20-16-4-1-3-15(13-16)14-22-8-10-23(11-9-22)18(24)6-7-21-19(25)17-5-2-12-26-17/h1-5,12-13H,6-11,14H2,(H,21,25). The van der Waals surface area contributed by atoms with Crippen molar-refractivity contribution in [3.63, 3.8) is 0 Å². The largest absolute Gasteiger partial charge is 0.351 e. The van der Waals surface area contributed by atoms with Crippen LogP contribution < -0.4 is 5.32 Å². The maximum absolute atomic E-state index is 12.3. The average molecular weight is 392 g/mol. The molecule has 0 atom stereocenters. The van der Waals surface area contributed by atoms with Crippen molar-refractivity contribution in [3.05, 3.63) is 57.2 Å². The zero-order chi connectivity index (χ0) is 18.4. The average Bonchev–Trinajstić information content (AvgIpc) is 3.17. The van der Waals surface area contributed by atoms with Gasteiger partial charge in [0.1, 0.15) is 0 Å². The maximum Gasteiger partial charge on any atom is 0.261 e. The maximum atomic E-state index is 12.3. The summed E-state index contributed by atoms with van der Waals surface area (Å²) in [7, 11) is 0. The van der Waals surface area contributed by atoms with Crippen LogP contribution in [0.3, 0.4) is 0 Å². The topological polar surface area (TPSA) is 52.7 Å². The van der Waals surface area contributed by atoms with Crippen LogP contribution in [0.4, 0.5) is 0 Å². The Labute approximate surface area is 162 Å². The fourth-order valence-electron chi connectivity index (χ4n) is 2.98. The lowest BCUT2D eigenvalue weighted by molar-refractivity contribution is -0.132. The molecule has 0 spiro atoms. The minimum atomic E-state index is -0.112. The second-order valence-corrected chi connectivity index (χ2v) is 7.65. The van der Waals surface area contributed by atoms with Gasteiger partial charge in [-0.2, -0.15) is 0 Å². The van der Waals surface area contributed by atoms with Gasteiger partial charge in [-0.25, -0.2) is 0 Å². The summed E-state index contributed by atoms with van der Waals surface area (Å²) in [6.45, 7) is 4.36. The molecule has 138 valence electrons. The Kier molecular flexibility index (Phi) is 6.66. The van der Waals surface area contributed by atoms with E-state index in [0.717, 1.165) is 37.7 Å². The van der Waals surface area contributed by atoms with Gasteiger partial charge in [-0.3, -0.25) is 14.5 Å². The van der Waals surface area contributed by atoms with E-state index in [4.69, 9.17) is 11.6 Å². The Morgan fingerprint density at radius 2 is 1.92 bits per heavy atom. The van der Waals surface area contributed by atoms with E-state index in [2.05, 4.69) is 16.3 Å². The molecular formula is C19H22ClN3O2S. The number of carbonyl (C=O) groups excluding carboxylic acids is 2. The number of amides is 2. The third-order valence-corrected chi connectivity index (χ3v) is 5.49. The predicted molar refractivity (Wildman–Crippen MR) is 105 cm³/mol. The van der Waals surface area contributed by atoms with Gasteiger partial charge in [0.05, 0.1) is 4.88 Å². The minimum Gasteiger partial charge on any atom is -0.351 e. The molecule has 0 bridgehead atoms. The molecule has 5 nitrogen and oxygen atoms in total. The molecule has 2 amide bonds. The molecule has 1 fully saturated rings. The number of benzene rings is 1. The molecule has 1 aromatic heterocycles. The zero-order valence-electron chi connectivity index (χ0n) is 14.5. The quantitative estimate of drug-likeness (QED) is 0.823. The van der Waals surface area contributed by atoms with Gasteiger partial charge in [0.2, 0.25) is 5.91 Å². The molecule has 3 rings (SSSR count). The number of rotatable bonds is 6. The number of carbonyl (C=O) groups is 2. The monoisotopic (exact) mass is 391 g/mol. The number of piperazine rings is 1. The molecule has 1 N–H and O–H groups in total. The Bertz CT molecular complexity index is 743. The molecule has 26 heavy (non-hydrogen) atoms. The second-order valence-electron chi connectivity index (χ2n) is 6.27. The molecule has 1 aliphatic rings. The lowest BCUT2D eigenvalue weighted by atomic mass is 10.2. The number of nitrogens with one attached hydrogen (secondary N) is 1. The van der Waals surface area contributed by atoms with Gasteiger partial charge in [0.25, 0.3) is 5.91 Å². The molecule has 0 aliphatic carbocycles. The summed E-state index contributed by atoms with van der Waals surface area (Å²) in [5, 5.41) is 5.42. The molecule has 7 heteroatoms. The van der Waals surface area contributed by atoms with Gasteiger partial charge in [-0.1, -0.05) is 29.8 Å². The van der Waals surface area contributed by atoms with Crippen molar-refractivity contribution >= 4 is 34.8 Å². The van der Waals surface area contributed by atoms with Crippen molar-refractivity contribution in [1.82, 2.24) is 15.1 Å². The molecule has 0 radical (unpaired) electrons. The summed E-state index contributed by atoms with van der Waals surface area (Å²) >= 11 is 7.43. The van der Waals surface area contributed by atoms with Crippen LogP contribution in [0, 0.1) is 0 Å². The van der Waals surface area contributed by atoms with E-state index in [0.29, 0.717) is 17.8 Å². The van der Waals surface area contributed by atoms with Crippen LogP contribution in [-0.4, -0.2) is 54.3 Å². The van der Waals surface area contributed by atoms with Crippen molar-refractivity contribution in [1.29, 1.82) is 0 Å². The predicted octanol–water partition coefficient (Wildman–Crippen LogP) is 2.87. The summed E-state index contributed by atoms with van der Waals surface area (Å²) in [4.78, 5) is 29.1. The first-order valence-electron chi connectivity index (χ1n) is 8.68. The Hall–Kier alpha value is -1.89. The first-order chi connectivity index (χ1) is 12.6. The highest BCUT2D eigenvalue weighted by Gasteiger charge is 2.21. The van der Waals surface area contributed by atoms with Gasteiger partial charge in [-0.15, -0.1) is 11.3 Å². The van der Waals surface area contributed by atoms with Crippen LogP contribution in [0.25, 0.3) is 0 Å². The zero-order valence-corrected chi connectivity index (χ0v) is 16.1. The van der Waals surface area contributed by atoms with Gasteiger partial charge in [0.15, 0.2) is 0 Å². The highest BCUT2D eigenvalue weighted by atomic mass is 35.5. The van der Waals surface area contributed by atoms with Crippen LogP contribution in [0.1, 0.15) is 21.7 Å². The molecule has 0 saturated carbocycles. The molecule has 1 aliphatic heterocycles. The number of thiophene rings is 1. The molecule has 1 saturated heterocycles. The van der Waals surface area contributed by atoms with Crippen molar-refractivity contribution in [2.45, 2.75) is 13.0 Å². The van der Waals surface area contributed by atoms with Gasteiger partial charge in [-0.05, 0) is 29.1 Å². The fourth-order valence-corrected chi connectivity index (χ4v) is 3.84. The van der Waals surface area contributed by atoms with E-state index in [1.165, 1.54) is 16.9 Å². The highest BCUT2D eigenvalue weighted by molar-refractivity contribution is 7.12. The van der Waals surface area contributed by atoms with Gasteiger partial charge < -0.3 is 10.2 Å². The molecule has 0 unspecified atom stereocenters. The van der Waals surface area contributed by atoms with Crippen LogP contribution in [0.2, 0.25) is 5.02 Å². The van der Waals surface area contributed by atoms with Crippen molar-refractivity contribution in [3.8, 4) is 0 Å². The van der Waals surface area contributed by atoms with E-state index in [1.54, 1.807) is 6.07 Å². The summed E-state index contributed by atoms with van der Waals surface area (Å²) in [5.41, 5.74) is 1.19. The van der Waals surface area contributed by atoms with Gasteiger partial charge >= 0.3 is 0 Å². The number of nitrogens with zero attached hydrogens (tertiary/aromatic N) is 2. The minimum absolute atomic E-state index is 0.0962. The lowest BCUT2D eigenvalue weighted by Gasteiger charge is -2.34. The summed E-state index contributed by atoms with van der Waals surface area (Å²) in [6, 6.07) is 11.5. The number of halogens is 1. The van der Waals surface area contributed by atoms with Crippen molar-refractivity contribution in [2.24, 2.45) is 0 Å². The Morgan fingerprint density at radius 3 is 2.62 bits per heavy atom. The van der Waals surface area contributed by atoms with Crippen LogP contribution in [0.15, 0.2) is 41.8 Å². The molecule has 2 aromatic rings. The summed E-state index contributed by atoms with van der Waals surface area (Å²) in [6.07, 6.45) is 0.339.